The maximum absolute atomic E-state index is 11.9. The van der Waals surface area contributed by atoms with Gasteiger partial charge in [0.05, 0.1) is 18.6 Å². The number of carbonyl (C=O) groups excluding carboxylic acids is 3. The fourth-order valence-corrected chi connectivity index (χ4v) is 1.66. The number of benzene rings is 1. The molecule has 1 aromatic carbocycles. The van der Waals surface area contributed by atoms with Crippen molar-refractivity contribution in [3.05, 3.63) is 29.8 Å². The van der Waals surface area contributed by atoms with Gasteiger partial charge >= 0.3 is 17.9 Å². The molecule has 0 aliphatic rings. The maximum atomic E-state index is 11.9. The van der Waals surface area contributed by atoms with Crippen molar-refractivity contribution in [2.24, 2.45) is 0 Å². The Hall–Kier alpha value is -2.53. The summed E-state index contributed by atoms with van der Waals surface area (Å²) in [5.74, 6) is -2.12. The molecule has 0 unspecified atom stereocenters. The Kier molecular flexibility index (Phi) is 9.11. The van der Waals surface area contributed by atoms with Crippen LogP contribution >= 0.6 is 0 Å². The number of esters is 3. The van der Waals surface area contributed by atoms with Gasteiger partial charge in [-0.1, -0.05) is 12.1 Å². The summed E-state index contributed by atoms with van der Waals surface area (Å²) >= 11 is 0. The van der Waals surface area contributed by atoms with E-state index < -0.39 is 29.9 Å². The highest BCUT2D eigenvalue weighted by atomic mass is 17.1. The van der Waals surface area contributed by atoms with E-state index >= 15 is 0 Å². The van der Waals surface area contributed by atoms with Gasteiger partial charge in [-0.3, -0.25) is 20.0 Å². The lowest BCUT2D eigenvalue weighted by molar-refractivity contribution is -0.492. The first kappa shape index (κ1) is 20.5. The molecule has 0 heterocycles. The van der Waals surface area contributed by atoms with Gasteiger partial charge in [0, 0.05) is 6.92 Å². The van der Waals surface area contributed by atoms with Crippen molar-refractivity contribution in [3.63, 3.8) is 0 Å². The molecule has 0 saturated carbocycles. The normalized spacial score (nSPS) is 10.4. The van der Waals surface area contributed by atoms with Crippen LogP contribution in [0.5, 0.6) is 5.75 Å². The predicted molar refractivity (Wildman–Crippen MR) is 79.6 cm³/mol. The first-order valence-electron chi connectivity index (χ1n) is 7.31. The molecule has 2 N–H and O–H groups in total. The molecule has 0 aromatic heterocycles. The van der Waals surface area contributed by atoms with Crippen molar-refractivity contribution >= 4 is 17.9 Å². The number of ether oxygens (including phenoxy) is 3. The SMILES string of the molecule is CC(=O)Oc1ccccc1C(=O)OCC(=O)OCCCCON(O)O. The van der Waals surface area contributed by atoms with E-state index in [0.717, 1.165) is 0 Å². The summed E-state index contributed by atoms with van der Waals surface area (Å²) in [7, 11) is 0. The van der Waals surface area contributed by atoms with Gasteiger partial charge in [0.1, 0.15) is 11.3 Å². The standard InChI is InChI=1S/C15H19NO9/c1-11(17)25-13-7-3-2-6-12(13)15(19)23-10-14(18)22-8-4-5-9-24-16(20)21/h2-3,6-7,20-21H,4-5,8-10H2,1H3. The summed E-state index contributed by atoms with van der Waals surface area (Å²) < 4.78 is 14.5. The van der Waals surface area contributed by atoms with Crippen LogP contribution in [0.25, 0.3) is 0 Å². The number of unbranched alkanes of at least 4 members (excludes halogenated alkanes) is 1. The second-order valence-electron chi connectivity index (χ2n) is 4.68. The van der Waals surface area contributed by atoms with Crippen LogP contribution in [-0.4, -0.2) is 53.5 Å². The smallest absolute Gasteiger partial charge is 0.344 e. The molecular weight excluding hydrogens is 338 g/mol. The Bertz CT molecular complexity index is 588. The highest BCUT2D eigenvalue weighted by Gasteiger charge is 2.16. The molecule has 0 spiro atoms. The molecule has 0 atom stereocenters. The molecule has 0 aliphatic carbocycles. The van der Waals surface area contributed by atoms with E-state index in [1.54, 1.807) is 12.1 Å². The Morgan fingerprint density at radius 1 is 1.04 bits per heavy atom. The Morgan fingerprint density at radius 2 is 1.72 bits per heavy atom. The molecule has 25 heavy (non-hydrogen) atoms. The van der Waals surface area contributed by atoms with Crippen LogP contribution in [0.3, 0.4) is 0 Å². The minimum atomic E-state index is -0.826. The average Bonchev–Trinajstić information content (AvgIpc) is 2.55. The van der Waals surface area contributed by atoms with Crippen molar-refractivity contribution in [3.8, 4) is 5.75 Å². The zero-order valence-electron chi connectivity index (χ0n) is 13.5. The molecular formula is C15H19NO9. The van der Waals surface area contributed by atoms with E-state index in [1.165, 1.54) is 19.1 Å². The van der Waals surface area contributed by atoms with E-state index in [2.05, 4.69) is 4.84 Å². The van der Waals surface area contributed by atoms with Crippen molar-refractivity contribution in [2.45, 2.75) is 19.8 Å². The van der Waals surface area contributed by atoms with Gasteiger partial charge in [0.25, 0.3) is 0 Å². The quantitative estimate of drug-likeness (QED) is 0.271. The fraction of sp³-hybridized carbons (Fsp3) is 0.400. The predicted octanol–water partition coefficient (Wildman–Crippen LogP) is 1.10. The van der Waals surface area contributed by atoms with Crippen LogP contribution in [0.1, 0.15) is 30.1 Å². The minimum absolute atomic E-state index is 0.0141. The van der Waals surface area contributed by atoms with Crippen LogP contribution in [0, 0.1) is 0 Å². The largest absolute Gasteiger partial charge is 0.463 e. The topological polar surface area (TPSA) is 132 Å². The van der Waals surface area contributed by atoms with Crippen molar-refractivity contribution < 1.29 is 43.8 Å². The molecule has 0 fully saturated rings. The van der Waals surface area contributed by atoms with E-state index in [9.17, 15) is 14.4 Å². The highest BCUT2D eigenvalue weighted by molar-refractivity contribution is 5.94. The lowest BCUT2D eigenvalue weighted by atomic mass is 10.2. The van der Waals surface area contributed by atoms with Crippen LogP contribution < -0.4 is 4.74 Å². The summed E-state index contributed by atoms with van der Waals surface area (Å²) in [6.45, 7) is 0.695. The number of nitrogens with zero attached hydrogens (tertiary/aromatic N) is 1. The molecule has 0 bridgehead atoms. The van der Waals surface area contributed by atoms with Gasteiger partial charge in [0.15, 0.2) is 6.61 Å². The van der Waals surface area contributed by atoms with Crippen molar-refractivity contribution in [1.29, 1.82) is 0 Å². The summed E-state index contributed by atoms with van der Waals surface area (Å²) in [5, 5.41) is 16.2. The molecule has 0 amide bonds. The third kappa shape index (κ3) is 8.77. The second-order valence-corrected chi connectivity index (χ2v) is 4.68. The summed E-state index contributed by atoms with van der Waals surface area (Å²) in [5.41, 5.74) is 0.0141. The highest BCUT2D eigenvalue weighted by Crippen LogP contribution is 2.19. The van der Waals surface area contributed by atoms with Gasteiger partial charge in [-0.25, -0.2) is 9.59 Å². The molecule has 10 nitrogen and oxygen atoms in total. The van der Waals surface area contributed by atoms with Crippen LogP contribution in [0.2, 0.25) is 0 Å². The van der Waals surface area contributed by atoms with Gasteiger partial charge in [0.2, 0.25) is 0 Å². The third-order valence-electron chi connectivity index (χ3n) is 2.69. The molecule has 1 rings (SSSR count). The van der Waals surface area contributed by atoms with Crippen LogP contribution in [0.15, 0.2) is 24.3 Å². The number of rotatable bonds is 10. The zero-order chi connectivity index (χ0) is 18.7. The zero-order valence-corrected chi connectivity index (χ0v) is 13.5. The molecule has 10 heteroatoms. The summed E-state index contributed by atoms with van der Waals surface area (Å²) in [6.07, 6.45) is 0.837. The van der Waals surface area contributed by atoms with E-state index in [4.69, 9.17) is 24.6 Å². The van der Waals surface area contributed by atoms with Gasteiger partial charge in [-0.15, -0.1) is 0 Å². The number of para-hydroxylation sites is 1. The monoisotopic (exact) mass is 357 g/mol. The van der Waals surface area contributed by atoms with Crippen molar-refractivity contribution in [2.75, 3.05) is 19.8 Å². The van der Waals surface area contributed by atoms with E-state index in [-0.39, 0.29) is 24.5 Å². The minimum Gasteiger partial charge on any atom is -0.463 e. The summed E-state index contributed by atoms with van der Waals surface area (Å²) in [4.78, 5) is 38.7. The maximum Gasteiger partial charge on any atom is 0.344 e. The Morgan fingerprint density at radius 3 is 2.40 bits per heavy atom. The third-order valence-corrected chi connectivity index (χ3v) is 2.69. The number of carbonyl (C=O) groups is 3. The molecule has 1 aromatic rings. The number of hydrogen-bond donors (Lipinski definition) is 2. The average molecular weight is 357 g/mol. The molecule has 138 valence electrons. The van der Waals surface area contributed by atoms with Gasteiger partial charge in [-0.05, 0) is 25.0 Å². The molecule has 0 aliphatic heterocycles. The van der Waals surface area contributed by atoms with E-state index in [0.29, 0.717) is 12.8 Å². The van der Waals surface area contributed by atoms with Gasteiger partial charge in [-0.2, -0.15) is 0 Å². The van der Waals surface area contributed by atoms with E-state index in [1.807, 2.05) is 0 Å². The summed E-state index contributed by atoms with van der Waals surface area (Å²) in [6, 6.07) is 5.97. The lowest BCUT2D eigenvalue weighted by Gasteiger charge is -2.09. The van der Waals surface area contributed by atoms with Gasteiger partial charge < -0.3 is 14.2 Å². The molecule has 0 radical (unpaired) electrons. The molecule has 0 saturated heterocycles. The van der Waals surface area contributed by atoms with Crippen LogP contribution in [-0.2, 0) is 23.9 Å². The first-order valence-corrected chi connectivity index (χ1v) is 7.31. The lowest BCUT2D eigenvalue weighted by Crippen LogP contribution is -2.18. The Labute approximate surface area is 143 Å². The Balaban J connectivity index is 2.32. The van der Waals surface area contributed by atoms with Crippen molar-refractivity contribution in [1.82, 2.24) is 5.39 Å². The fourth-order valence-electron chi connectivity index (χ4n) is 1.66. The number of hydrogen-bond acceptors (Lipinski definition) is 10. The first-order chi connectivity index (χ1) is 11.9. The van der Waals surface area contributed by atoms with Crippen LogP contribution in [0.4, 0.5) is 0 Å². The second kappa shape index (κ2) is 11.1.